The Morgan fingerprint density at radius 2 is 1.88 bits per heavy atom. The van der Waals surface area contributed by atoms with Gasteiger partial charge in [0.25, 0.3) is 0 Å². The number of hydrogen-bond donors (Lipinski definition) is 1. The summed E-state index contributed by atoms with van der Waals surface area (Å²) in [6.45, 7) is 4.55. The highest BCUT2D eigenvalue weighted by Crippen LogP contribution is 2.28. The number of methoxy groups -OCH3 is 1. The number of rotatable bonds is 4. The maximum absolute atomic E-state index is 5.49. The van der Waals surface area contributed by atoms with Crippen molar-refractivity contribution in [2.45, 2.75) is 6.54 Å². The number of guanidine groups is 1. The summed E-state index contributed by atoms with van der Waals surface area (Å²) in [7, 11) is 5.64. The maximum Gasteiger partial charge on any atom is 0.194 e. The molecule has 0 aliphatic carbocycles. The summed E-state index contributed by atoms with van der Waals surface area (Å²) in [5, 5.41) is 3.47. The molecule has 2 heterocycles. The van der Waals surface area contributed by atoms with Gasteiger partial charge in [0.15, 0.2) is 5.96 Å². The first-order valence-electron chi connectivity index (χ1n) is 8.66. The van der Waals surface area contributed by atoms with Crippen LogP contribution >= 0.6 is 0 Å². The Morgan fingerprint density at radius 3 is 2.52 bits per heavy atom. The highest BCUT2D eigenvalue weighted by Gasteiger charge is 2.21. The third kappa shape index (κ3) is 3.90. The highest BCUT2D eigenvalue weighted by molar-refractivity contribution is 5.80. The lowest BCUT2D eigenvalue weighted by Gasteiger charge is -2.38. The van der Waals surface area contributed by atoms with Crippen LogP contribution in [-0.4, -0.2) is 55.8 Å². The van der Waals surface area contributed by atoms with Gasteiger partial charge < -0.3 is 24.4 Å². The highest BCUT2D eigenvalue weighted by atomic mass is 16.5. The number of nitrogens with zero attached hydrogens (tertiary/aromatic N) is 4. The van der Waals surface area contributed by atoms with Crippen LogP contribution in [0.25, 0.3) is 0 Å². The second kappa shape index (κ2) is 7.96. The molecule has 1 aromatic heterocycles. The number of para-hydroxylation sites is 2. The third-order valence-electron chi connectivity index (χ3n) is 4.70. The molecule has 3 rings (SSSR count). The number of anilines is 1. The van der Waals surface area contributed by atoms with E-state index in [0.717, 1.165) is 50.1 Å². The lowest BCUT2D eigenvalue weighted by Crippen LogP contribution is -2.52. The smallest absolute Gasteiger partial charge is 0.194 e. The fourth-order valence-corrected chi connectivity index (χ4v) is 3.23. The van der Waals surface area contributed by atoms with Gasteiger partial charge in [-0.3, -0.25) is 4.99 Å². The van der Waals surface area contributed by atoms with Crippen molar-refractivity contribution in [2.24, 2.45) is 12.0 Å². The van der Waals surface area contributed by atoms with Crippen LogP contribution in [0.2, 0.25) is 0 Å². The number of ether oxygens (including phenoxy) is 1. The monoisotopic (exact) mass is 341 g/mol. The van der Waals surface area contributed by atoms with Crippen molar-refractivity contribution in [3.05, 3.63) is 48.3 Å². The van der Waals surface area contributed by atoms with Crippen LogP contribution in [0.15, 0.2) is 47.6 Å². The summed E-state index contributed by atoms with van der Waals surface area (Å²) < 4.78 is 7.62. The second-order valence-electron chi connectivity index (χ2n) is 6.16. The van der Waals surface area contributed by atoms with Crippen LogP contribution in [0.3, 0.4) is 0 Å². The summed E-state index contributed by atoms with van der Waals surface area (Å²) in [4.78, 5) is 9.14. The van der Waals surface area contributed by atoms with Gasteiger partial charge in [-0.05, 0) is 24.3 Å². The van der Waals surface area contributed by atoms with Crippen molar-refractivity contribution in [3.63, 3.8) is 0 Å². The van der Waals surface area contributed by atoms with E-state index >= 15 is 0 Å². The molecule has 1 aliphatic heterocycles. The van der Waals surface area contributed by atoms with Gasteiger partial charge in [0, 0.05) is 52.2 Å². The van der Waals surface area contributed by atoms with Gasteiger partial charge >= 0.3 is 0 Å². The summed E-state index contributed by atoms with van der Waals surface area (Å²) in [5.41, 5.74) is 2.41. The minimum Gasteiger partial charge on any atom is -0.495 e. The maximum atomic E-state index is 5.49. The Kier molecular flexibility index (Phi) is 5.48. The predicted molar refractivity (Wildman–Crippen MR) is 102 cm³/mol. The molecule has 0 unspecified atom stereocenters. The number of aliphatic imine (C=N–C) groups is 1. The molecule has 134 valence electrons. The van der Waals surface area contributed by atoms with Crippen LogP contribution in [-0.2, 0) is 13.6 Å². The molecule has 25 heavy (non-hydrogen) atoms. The zero-order chi connectivity index (χ0) is 17.6. The molecule has 0 spiro atoms. The number of nitrogens with one attached hydrogen (secondary N) is 1. The molecule has 1 aromatic carbocycles. The number of aromatic nitrogens is 1. The van der Waals surface area contributed by atoms with E-state index in [1.807, 2.05) is 19.2 Å². The average Bonchev–Trinajstić information content (AvgIpc) is 3.07. The van der Waals surface area contributed by atoms with E-state index < -0.39 is 0 Å². The molecular weight excluding hydrogens is 314 g/mol. The van der Waals surface area contributed by atoms with Crippen LogP contribution < -0.4 is 15.0 Å². The van der Waals surface area contributed by atoms with Crippen molar-refractivity contribution in [1.82, 2.24) is 14.8 Å². The van der Waals surface area contributed by atoms with Gasteiger partial charge in [0.2, 0.25) is 0 Å². The van der Waals surface area contributed by atoms with Gasteiger partial charge in [-0.2, -0.15) is 0 Å². The lowest BCUT2D eigenvalue weighted by molar-refractivity contribution is 0.366. The Bertz CT molecular complexity index is 716. The standard InChI is InChI=1S/C19H27N5O/c1-20-19(21-15-16-7-6-10-22(16)2)24-13-11-23(12-14-24)17-8-4-5-9-18(17)25-3/h4-10H,11-15H2,1-3H3,(H,20,21). The van der Waals surface area contributed by atoms with Crippen LogP contribution in [0.1, 0.15) is 5.69 Å². The van der Waals surface area contributed by atoms with E-state index in [1.165, 1.54) is 5.69 Å². The minimum absolute atomic E-state index is 0.781. The number of piperazine rings is 1. The van der Waals surface area contributed by atoms with E-state index in [9.17, 15) is 0 Å². The van der Waals surface area contributed by atoms with Crippen LogP contribution in [0.5, 0.6) is 5.75 Å². The zero-order valence-electron chi connectivity index (χ0n) is 15.3. The molecule has 6 nitrogen and oxygen atoms in total. The van der Waals surface area contributed by atoms with Crippen molar-refractivity contribution in [2.75, 3.05) is 45.2 Å². The third-order valence-corrected chi connectivity index (χ3v) is 4.70. The normalized spacial score (nSPS) is 15.4. The molecule has 0 radical (unpaired) electrons. The topological polar surface area (TPSA) is 45.0 Å². The van der Waals surface area contributed by atoms with E-state index in [2.05, 4.69) is 62.2 Å². The molecule has 1 fully saturated rings. The van der Waals surface area contributed by atoms with Crippen molar-refractivity contribution in [3.8, 4) is 5.75 Å². The van der Waals surface area contributed by atoms with E-state index in [4.69, 9.17) is 4.74 Å². The first-order valence-corrected chi connectivity index (χ1v) is 8.66. The van der Waals surface area contributed by atoms with Crippen LogP contribution in [0.4, 0.5) is 5.69 Å². The molecule has 1 saturated heterocycles. The van der Waals surface area contributed by atoms with Gasteiger partial charge in [-0.25, -0.2) is 0 Å². The van der Waals surface area contributed by atoms with Crippen LogP contribution in [0, 0.1) is 0 Å². The fourth-order valence-electron chi connectivity index (χ4n) is 3.23. The van der Waals surface area contributed by atoms with Gasteiger partial charge in [0.1, 0.15) is 5.75 Å². The fraction of sp³-hybridized carbons (Fsp3) is 0.421. The van der Waals surface area contributed by atoms with Gasteiger partial charge in [0.05, 0.1) is 19.3 Å². The Labute approximate surface area is 149 Å². The second-order valence-corrected chi connectivity index (χ2v) is 6.16. The Morgan fingerprint density at radius 1 is 1.12 bits per heavy atom. The van der Waals surface area contributed by atoms with Gasteiger partial charge in [-0.1, -0.05) is 12.1 Å². The number of hydrogen-bond acceptors (Lipinski definition) is 3. The average molecular weight is 341 g/mol. The summed E-state index contributed by atoms with van der Waals surface area (Å²) in [6.07, 6.45) is 2.06. The molecule has 2 aromatic rings. The largest absolute Gasteiger partial charge is 0.495 e. The number of aryl methyl sites for hydroxylation is 1. The Hall–Kier alpha value is -2.63. The Balaban J connectivity index is 1.58. The van der Waals surface area contributed by atoms with E-state index in [1.54, 1.807) is 7.11 Å². The lowest BCUT2D eigenvalue weighted by atomic mass is 10.2. The molecular formula is C19H27N5O. The molecule has 0 saturated carbocycles. The van der Waals surface area contributed by atoms with Crippen molar-refractivity contribution in [1.29, 1.82) is 0 Å². The molecule has 1 aliphatic rings. The minimum atomic E-state index is 0.781. The van der Waals surface area contributed by atoms with E-state index in [0.29, 0.717) is 0 Å². The van der Waals surface area contributed by atoms with Crippen molar-refractivity contribution < 1.29 is 4.74 Å². The first kappa shape index (κ1) is 17.2. The SMILES string of the molecule is CN=C(NCc1cccn1C)N1CCN(c2ccccc2OC)CC1. The first-order chi connectivity index (χ1) is 12.2. The number of benzene rings is 1. The predicted octanol–water partition coefficient (Wildman–Crippen LogP) is 1.93. The molecule has 6 heteroatoms. The molecule has 0 amide bonds. The quantitative estimate of drug-likeness (QED) is 0.682. The molecule has 1 N–H and O–H groups in total. The molecule has 0 atom stereocenters. The van der Waals surface area contributed by atoms with Crippen molar-refractivity contribution >= 4 is 11.6 Å². The summed E-state index contributed by atoms with van der Waals surface area (Å²) in [5.74, 6) is 1.89. The summed E-state index contributed by atoms with van der Waals surface area (Å²) >= 11 is 0. The van der Waals surface area contributed by atoms with Gasteiger partial charge in [-0.15, -0.1) is 0 Å². The zero-order valence-corrected chi connectivity index (χ0v) is 15.3. The van der Waals surface area contributed by atoms with E-state index in [-0.39, 0.29) is 0 Å². The summed E-state index contributed by atoms with van der Waals surface area (Å²) in [6, 6.07) is 12.4. The molecule has 0 bridgehead atoms.